The van der Waals surface area contributed by atoms with Gasteiger partial charge in [0.15, 0.2) is 11.5 Å². The second-order valence-electron chi connectivity index (χ2n) is 4.57. The van der Waals surface area contributed by atoms with E-state index in [0.717, 1.165) is 16.7 Å². The quantitative estimate of drug-likeness (QED) is 0.686. The van der Waals surface area contributed by atoms with Crippen LogP contribution in [0.2, 0.25) is 0 Å². The number of amides is 2. The number of carbonyl (C=O) groups is 2. The first kappa shape index (κ1) is 16.9. The van der Waals surface area contributed by atoms with E-state index in [-0.39, 0.29) is 11.1 Å². The fraction of sp³-hybridized carbons (Fsp3) is 0.143. The molecule has 1 aliphatic heterocycles. The van der Waals surface area contributed by atoms with Crippen LogP contribution >= 0.6 is 39.0 Å². The lowest BCUT2D eigenvalue weighted by molar-refractivity contribution is -0.121. The van der Waals surface area contributed by atoms with Gasteiger partial charge in [-0.05, 0) is 35.5 Å². The topological polar surface area (TPSA) is 81.6 Å². The van der Waals surface area contributed by atoms with Gasteiger partial charge in [0.2, 0.25) is 0 Å². The number of halogens is 1. The van der Waals surface area contributed by atoms with E-state index in [0.29, 0.717) is 31.6 Å². The molecule has 0 unspecified atom stereocenters. The Labute approximate surface area is 153 Å². The Morgan fingerprint density at radius 1 is 1.29 bits per heavy atom. The van der Waals surface area contributed by atoms with Crippen molar-refractivity contribution in [2.45, 2.75) is 0 Å². The van der Waals surface area contributed by atoms with Crippen LogP contribution < -0.4 is 9.47 Å². The molecule has 7 nitrogen and oxygen atoms in total. The van der Waals surface area contributed by atoms with Crippen molar-refractivity contribution >= 4 is 56.3 Å². The molecule has 0 N–H and O–H groups in total. The minimum atomic E-state index is -0.329. The molecule has 1 aliphatic rings. The number of carbonyl (C=O) groups excluding carboxylic acids is 2. The first-order chi connectivity index (χ1) is 11.5. The molecule has 2 heterocycles. The van der Waals surface area contributed by atoms with Gasteiger partial charge in [-0.25, -0.2) is 0 Å². The Morgan fingerprint density at radius 3 is 2.67 bits per heavy atom. The summed E-state index contributed by atoms with van der Waals surface area (Å²) in [5.41, 5.74) is 2.25. The average molecular weight is 428 g/mol. The Kier molecular flexibility index (Phi) is 4.88. The molecule has 24 heavy (non-hydrogen) atoms. The molecule has 0 atom stereocenters. The van der Waals surface area contributed by atoms with E-state index < -0.39 is 0 Å². The summed E-state index contributed by atoms with van der Waals surface area (Å²) in [7, 11) is 2.97. The molecule has 1 fully saturated rings. The Morgan fingerprint density at radius 2 is 2.08 bits per heavy atom. The number of rotatable bonds is 4. The molecule has 0 radical (unpaired) electrons. The van der Waals surface area contributed by atoms with E-state index in [1.807, 2.05) is 0 Å². The molecule has 3 rings (SSSR count). The first-order valence-electron chi connectivity index (χ1n) is 6.52. The summed E-state index contributed by atoms with van der Waals surface area (Å²) in [5.74, 6) is 0.599. The zero-order valence-electron chi connectivity index (χ0n) is 12.5. The molecule has 0 spiro atoms. The van der Waals surface area contributed by atoms with Crippen molar-refractivity contribution in [1.82, 2.24) is 15.1 Å². The lowest BCUT2D eigenvalue weighted by Crippen LogP contribution is -2.22. The summed E-state index contributed by atoms with van der Waals surface area (Å²) in [4.78, 5) is 25.0. The molecule has 0 bridgehead atoms. The lowest BCUT2D eigenvalue weighted by Gasteiger charge is -2.10. The number of nitrogens with zero attached hydrogens (tertiary/aromatic N) is 3. The van der Waals surface area contributed by atoms with E-state index in [1.54, 1.807) is 23.7 Å². The molecular formula is C14H10BrN3O4S2. The van der Waals surface area contributed by atoms with Gasteiger partial charge in [0, 0.05) is 11.5 Å². The van der Waals surface area contributed by atoms with E-state index in [1.165, 1.54) is 25.5 Å². The number of methoxy groups -OCH3 is 1. The average Bonchev–Trinajstić information content (AvgIpc) is 3.15. The highest BCUT2D eigenvalue weighted by Gasteiger charge is 2.32. The highest BCUT2D eigenvalue weighted by Crippen LogP contribution is 2.39. The van der Waals surface area contributed by atoms with Crippen LogP contribution in [0.25, 0.3) is 6.08 Å². The molecule has 124 valence electrons. The van der Waals surface area contributed by atoms with Crippen LogP contribution in [0, 0.1) is 0 Å². The maximum atomic E-state index is 12.0. The van der Waals surface area contributed by atoms with Crippen molar-refractivity contribution in [2.75, 3.05) is 14.2 Å². The monoisotopic (exact) mass is 427 g/mol. The van der Waals surface area contributed by atoms with Gasteiger partial charge in [0.05, 0.1) is 12.0 Å². The second kappa shape index (κ2) is 6.91. The number of aromatic nitrogens is 2. The number of benzene rings is 1. The maximum absolute atomic E-state index is 12.0. The summed E-state index contributed by atoms with van der Waals surface area (Å²) in [6, 6.07) is 3.42. The van der Waals surface area contributed by atoms with Crippen molar-refractivity contribution in [3.8, 4) is 16.7 Å². The fourth-order valence-corrected chi connectivity index (χ4v) is 3.56. The van der Waals surface area contributed by atoms with Crippen LogP contribution in [0.1, 0.15) is 5.56 Å². The second-order valence-corrected chi connectivity index (χ2v) is 7.22. The van der Waals surface area contributed by atoms with Crippen molar-refractivity contribution in [3.05, 3.63) is 32.6 Å². The van der Waals surface area contributed by atoms with Crippen LogP contribution in [0.3, 0.4) is 0 Å². The molecular weight excluding hydrogens is 418 g/mol. The van der Waals surface area contributed by atoms with Gasteiger partial charge in [0.1, 0.15) is 5.51 Å². The highest BCUT2D eigenvalue weighted by atomic mass is 79.9. The normalized spacial score (nSPS) is 16.1. The number of ether oxygens (including phenoxy) is 2. The van der Waals surface area contributed by atoms with Crippen LogP contribution in [0.15, 0.2) is 27.0 Å². The van der Waals surface area contributed by atoms with Crippen molar-refractivity contribution in [2.24, 2.45) is 0 Å². The lowest BCUT2D eigenvalue weighted by atomic mass is 10.2. The van der Waals surface area contributed by atoms with E-state index in [4.69, 9.17) is 9.47 Å². The zero-order valence-corrected chi connectivity index (χ0v) is 15.7. The predicted octanol–water partition coefficient (Wildman–Crippen LogP) is 3.77. The molecule has 0 aliphatic carbocycles. The molecule has 2 aromatic rings. The molecule has 1 saturated heterocycles. The predicted molar refractivity (Wildman–Crippen MR) is 94.4 cm³/mol. The molecule has 2 amide bonds. The number of likely N-dealkylation sites (N-methyl/N-ethyl adjacent to an activating group) is 1. The van der Waals surface area contributed by atoms with Gasteiger partial charge in [-0.3, -0.25) is 14.5 Å². The van der Waals surface area contributed by atoms with E-state index in [9.17, 15) is 9.59 Å². The largest absolute Gasteiger partial charge is 0.493 e. The molecule has 1 aromatic heterocycles. The van der Waals surface area contributed by atoms with Crippen LogP contribution in [0.5, 0.6) is 16.7 Å². The molecule has 10 heteroatoms. The van der Waals surface area contributed by atoms with Gasteiger partial charge in [-0.1, -0.05) is 32.4 Å². The zero-order chi connectivity index (χ0) is 17.3. The summed E-state index contributed by atoms with van der Waals surface area (Å²) in [6.07, 6.45) is 1.63. The van der Waals surface area contributed by atoms with Gasteiger partial charge in [-0.15, -0.1) is 5.10 Å². The van der Waals surface area contributed by atoms with Crippen LogP contribution in [-0.2, 0) is 4.79 Å². The van der Waals surface area contributed by atoms with Gasteiger partial charge in [0.25, 0.3) is 16.3 Å². The number of hydrogen-bond acceptors (Lipinski definition) is 8. The Bertz CT molecular complexity index is 839. The number of imide groups is 1. The Hall–Kier alpha value is -1.91. The highest BCUT2D eigenvalue weighted by molar-refractivity contribution is 9.10. The third-order valence-corrected chi connectivity index (χ3v) is 5.31. The minimum absolute atomic E-state index is 0.300. The Balaban J connectivity index is 1.95. The van der Waals surface area contributed by atoms with Crippen molar-refractivity contribution in [3.63, 3.8) is 0 Å². The van der Waals surface area contributed by atoms with Gasteiger partial charge in [-0.2, -0.15) is 0 Å². The maximum Gasteiger partial charge on any atom is 0.299 e. The summed E-state index contributed by atoms with van der Waals surface area (Å²) >= 11 is 5.59. The van der Waals surface area contributed by atoms with Gasteiger partial charge < -0.3 is 9.47 Å². The SMILES string of the molecule is COc1cc(/C=C2\SC(=O)N(C)C2=O)c(Br)cc1Oc1nncs1. The molecule has 0 saturated carbocycles. The number of hydrogen-bond donors (Lipinski definition) is 0. The van der Waals surface area contributed by atoms with E-state index in [2.05, 4.69) is 26.1 Å². The summed E-state index contributed by atoms with van der Waals surface area (Å²) in [6.45, 7) is 0. The third kappa shape index (κ3) is 3.30. The fourth-order valence-electron chi connectivity index (χ4n) is 1.89. The van der Waals surface area contributed by atoms with Crippen LogP contribution in [-0.4, -0.2) is 40.4 Å². The third-order valence-electron chi connectivity index (χ3n) is 3.09. The summed E-state index contributed by atoms with van der Waals surface area (Å²) < 4.78 is 11.7. The standard InChI is InChI=1S/C14H10BrN3O4S2/c1-18-12(19)11(24-14(18)20)4-7-3-9(21-2)10(5-8(7)15)22-13-17-16-6-23-13/h3-6H,1-2H3/b11-4-. The first-order valence-corrected chi connectivity index (χ1v) is 9.01. The molecule has 1 aromatic carbocycles. The summed E-state index contributed by atoms with van der Waals surface area (Å²) in [5, 5.41) is 7.62. The van der Waals surface area contributed by atoms with Crippen molar-refractivity contribution in [1.29, 1.82) is 0 Å². The van der Waals surface area contributed by atoms with Crippen molar-refractivity contribution < 1.29 is 19.1 Å². The number of thioether (sulfide) groups is 1. The smallest absolute Gasteiger partial charge is 0.299 e. The minimum Gasteiger partial charge on any atom is -0.493 e. The van der Waals surface area contributed by atoms with Crippen LogP contribution in [0.4, 0.5) is 4.79 Å². The van der Waals surface area contributed by atoms with Gasteiger partial charge >= 0.3 is 0 Å². The van der Waals surface area contributed by atoms with E-state index >= 15 is 0 Å².